The molecule has 0 aliphatic rings. The largest absolute Gasteiger partial charge is 0.481 e. The van der Waals surface area contributed by atoms with Crippen molar-refractivity contribution in [2.24, 2.45) is 5.92 Å². The minimum absolute atomic E-state index is 0.00485. The van der Waals surface area contributed by atoms with Gasteiger partial charge in [0.05, 0.1) is 23.1 Å². The summed E-state index contributed by atoms with van der Waals surface area (Å²) in [5.74, 6) is -1.80. The summed E-state index contributed by atoms with van der Waals surface area (Å²) in [6.07, 6.45) is 1.80. The number of hydrogen-bond donors (Lipinski definition) is 2. The fraction of sp³-hybridized carbons (Fsp3) is 0.417. The summed E-state index contributed by atoms with van der Waals surface area (Å²) in [5.41, 5.74) is 2.24. The van der Waals surface area contributed by atoms with Crippen molar-refractivity contribution in [2.45, 2.75) is 38.1 Å². The molecule has 0 radical (unpaired) electrons. The Morgan fingerprint density at radius 2 is 1.90 bits per heavy atom. The summed E-state index contributed by atoms with van der Waals surface area (Å²) >= 11 is 0. The van der Waals surface area contributed by atoms with Crippen LogP contribution in [0.25, 0.3) is 0 Å². The highest BCUT2D eigenvalue weighted by Gasteiger charge is 2.38. The number of benzene rings is 2. The van der Waals surface area contributed by atoms with Crippen LogP contribution in [0.15, 0.2) is 42.5 Å². The molecule has 2 aromatic rings. The predicted octanol–water partition coefficient (Wildman–Crippen LogP) is 3.93. The SMILES string of the molecule is CCC(Cc1cc(C#N)ccc1[C@@](CCCO)(c1ccc(F)cc1)N(C)C)C(=O)O. The van der Waals surface area contributed by atoms with Gasteiger partial charge in [0.15, 0.2) is 0 Å². The van der Waals surface area contributed by atoms with E-state index in [-0.39, 0.29) is 18.8 Å². The Balaban J connectivity index is 2.77. The molecule has 0 spiro atoms. The third-order valence-electron chi connectivity index (χ3n) is 5.77. The zero-order chi connectivity index (χ0) is 22.3. The maximum atomic E-state index is 13.7. The molecule has 2 aromatic carbocycles. The molecule has 0 aliphatic heterocycles. The zero-order valence-corrected chi connectivity index (χ0v) is 17.7. The quantitative estimate of drug-likeness (QED) is 0.618. The van der Waals surface area contributed by atoms with Crippen LogP contribution in [0.1, 0.15) is 48.4 Å². The summed E-state index contributed by atoms with van der Waals surface area (Å²) in [6, 6.07) is 13.7. The van der Waals surface area contributed by atoms with Gasteiger partial charge in [-0.05, 0) is 80.7 Å². The molecule has 1 unspecified atom stereocenters. The highest BCUT2D eigenvalue weighted by Crippen LogP contribution is 2.41. The van der Waals surface area contributed by atoms with Crippen molar-refractivity contribution in [1.29, 1.82) is 5.26 Å². The maximum absolute atomic E-state index is 13.7. The van der Waals surface area contributed by atoms with E-state index >= 15 is 0 Å². The summed E-state index contributed by atoms with van der Waals surface area (Å²) in [4.78, 5) is 13.7. The Morgan fingerprint density at radius 1 is 1.23 bits per heavy atom. The van der Waals surface area contributed by atoms with Crippen molar-refractivity contribution in [3.63, 3.8) is 0 Å². The van der Waals surface area contributed by atoms with Crippen LogP contribution in [0.3, 0.4) is 0 Å². The highest BCUT2D eigenvalue weighted by molar-refractivity contribution is 5.70. The van der Waals surface area contributed by atoms with E-state index in [4.69, 9.17) is 0 Å². The Bertz CT molecular complexity index is 906. The van der Waals surface area contributed by atoms with E-state index < -0.39 is 17.4 Å². The van der Waals surface area contributed by atoms with Crippen LogP contribution < -0.4 is 0 Å². The van der Waals surface area contributed by atoms with E-state index in [9.17, 15) is 24.7 Å². The number of carbonyl (C=O) groups is 1. The van der Waals surface area contributed by atoms with E-state index in [2.05, 4.69) is 6.07 Å². The third-order valence-corrected chi connectivity index (χ3v) is 5.77. The van der Waals surface area contributed by atoms with Gasteiger partial charge in [-0.25, -0.2) is 4.39 Å². The molecule has 2 rings (SSSR count). The molecule has 0 heterocycles. The molecule has 2 atom stereocenters. The molecule has 160 valence electrons. The van der Waals surface area contributed by atoms with Crippen molar-refractivity contribution in [3.8, 4) is 6.07 Å². The molecule has 30 heavy (non-hydrogen) atoms. The standard InChI is InChI=1S/C24H29FN2O3/c1-4-18(23(29)30)15-19-14-17(16-26)6-11-22(19)24(27(2)3,12-5-13-28)20-7-9-21(25)10-8-20/h6-11,14,18,28H,4-5,12-13,15H2,1-3H3,(H,29,30)/t18?,24-/m1/s1. The molecule has 6 heteroatoms. The first-order valence-electron chi connectivity index (χ1n) is 10.1. The van der Waals surface area contributed by atoms with Gasteiger partial charge in [-0.3, -0.25) is 9.69 Å². The monoisotopic (exact) mass is 412 g/mol. The second-order valence-corrected chi connectivity index (χ2v) is 7.72. The van der Waals surface area contributed by atoms with Crippen LogP contribution in [0.4, 0.5) is 4.39 Å². The average Bonchev–Trinajstić information content (AvgIpc) is 2.73. The number of aliphatic carboxylic acids is 1. The Morgan fingerprint density at radius 3 is 2.40 bits per heavy atom. The van der Waals surface area contributed by atoms with Gasteiger partial charge in [-0.15, -0.1) is 0 Å². The van der Waals surface area contributed by atoms with Crippen molar-refractivity contribution in [2.75, 3.05) is 20.7 Å². The van der Waals surface area contributed by atoms with Crippen molar-refractivity contribution in [1.82, 2.24) is 4.90 Å². The first-order chi connectivity index (χ1) is 14.3. The molecule has 0 fully saturated rings. The van der Waals surface area contributed by atoms with Gasteiger partial charge in [0.2, 0.25) is 0 Å². The number of hydrogen-bond acceptors (Lipinski definition) is 4. The van der Waals surface area contributed by atoms with Crippen LogP contribution in [0.2, 0.25) is 0 Å². The number of aliphatic hydroxyl groups is 1. The first-order valence-corrected chi connectivity index (χ1v) is 10.1. The number of halogens is 1. The fourth-order valence-corrected chi connectivity index (χ4v) is 4.13. The van der Waals surface area contributed by atoms with Crippen LogP contribution in [0.5, 0.6) is 0 Å². The van der Waals surface area contributed by atoms with E-state index in [1.54, 1.807) is 24.3 Å². The zero-order valence-electron chi connectivity index (χ0n) is 17.7. The molecule has 0 amide bonds. The molecule has 0 bridgehead atoms. The van der Waals surface area contributed by atoms with Gasteiger partial charge < -0.3 is 10.2 Å². The van der Waals surface area contributed by atoms with Gasteiger partial charge in [0.25, 0.3) is 0 Å². The molecule has 0 aliphatic carbocycles. The summed E-state index contributed by atoms with van der Waals surface area (Å²) in [6.45, 7) is 1.83. The molecule has 0 saturated heterocycles. The third kappa shape index (κ3) is 4.86. The number of nitrogens with zero attached hydrogens (tertiary/aromatic N) is 2. The number of rotatable bonds is 10. The van der Waals surface area contributed by atoms with Gasteiger partial charge >= 0.3 is 5.97 Å². The lowest BCUT2D eigenvalue weighted by molar-refractivity contribution is -0.141. The van der Waals surface area contributed by atoms with Gasteiger partial charge in [0.1, 0.15) is 5.82 Å². The van der Waals surface area contributed by atoms with E-state index in [1.165, 1.54) is 12.1 Å². The van der Waals surface area contributed by atoms with Crippen LogP contribution in [-0.2, 0) is 16.8 Å². The highest BCUT2D eigenvalue weighted by atomic mass is 19.1. The normalized spacial score (nSPS) is 14.2. The van der Waals surface area contributed by atoms with Crippen LogP contribution in [-0.4, -0.2) is 41.8 Å². The Hall–Kier alpha value is -2.75. The predicted molar refractivity (Wildman–Crippen MR) is 113 cm³/mol. The summed E-state index contributed by atoms with van der Waals surface area (Å²) < 4.78 is 13.7. The molecule has 0 aromatic heterocycles. The van der Waals surface area contributed by atoms with E-state index in [0.717, 1.165) is 16.7 Å². The maximum Gasteiger partial charge on any atom is 0.306 e. The minimum Gasteiger partial charge on any atom is -0.481 e. The average molecular weight is 413 g/mol. The lowest BCUT2D eigenvalue weighted by atomic mass is 9.74. The van der Waals surface area contributed by atoms with E-state index in [0.29, 0.717) is 24.8 Å². The Kier molecular flexibility index (Phi) is 8.10. The van der Waals surface area contributed by atoms with Gasteiger partial charge in [-0.1, -0.05) is 25.1 Å². The topological polar surface area (TPSA) is 84.6 Å². The van der Waals surface area contributed by atoms with Gasteiger partial charge in [0, 0.05) is 6.61 Å². The first kappa shape index (κ1) is 23.5. The molecular weight excluding hydrogens is 383 g/mol. The van der Waals surface area contributed by atoms with Gasteiger partial charge in [-0.2, -0.15) is 5.26 Å². The molecule has 0 saturated carbocycles. The lowest BCUT2D eigenvalue weighted by Crippen LogP contribution is -2.43. The second-order valence-electron chi connectivity index (χ2n) is 7.72. The van der Waals surface area contributed by atoms with Crippen molar-refractivity contribution >= 4 is 5.97 Å². The van der Waals surface area contributed by atoms with Crippen LogP contribution >= 0.6 is 0 Å². The number of aliphatic hydroxyl groups excluding tert-OH is 1. The smallest absolute Gasteiger partial charge is 0.306 e. The van der Waals surface area contributed by atoms with E-state index in [1.807, 2.05) is 32.0 Å². The second kappa shape index (κ2) is 10.3. The van der Waals surface area contributed by atoms with Crippen LogP contribution in [0, 0.1) is 23.1 Å². The molecule has 5 nitrogen and oxygen atoms in total. The number of carboxylic acid groups (broad SMARTS) is 1. The van der Waals surface area contributed by atoms with Crippen molar-refractivity contribution in [3.05, 3.63) is 70.5 Å². The number of carboxylic acids is 1. The summed E-state index contributed by atoms with van der Waals surface area (Å²) in [5, 5.41) is 28.6. The molecule has 2 N–H and O–H groups in total. The number of nitriles is 1. The fourth-order valence-electron chi connectivity index (χ4n) is 4.13. The summed E-state index contributed by atoms with van der Waals surface area (Å²) in [7, 11) is 3.83. The Labute approximate surface area is 177 Å². The van der Waals surface area contributed by atoms with Crippen molar-refractivity contribution < 1.29 is 19.4 Å². The molecular formula is C24H29FN2O3. The lowest BCUT2D eigenvalue weighted by Gasteiger charge is -2.43. The minimum atomic E-state index is -0.876.